The number of nitrogens with one attached hydrogen (secondary N) is 2. The van der Waals surface area contributed by atoms with Gasteiger partial charge in [-0.05, 0) is 31.2 Å². The van der Waals surface area contributed by atoms with Crippen molar-refractivity contribution < 1.29 is 9.59 Å². The molecule has 2 atom stereocenters. The maximum atomic E-state index is 12.2. The second kappa shape index (κ2) is 9.73. The zero-order valence-electron chi connectivity index (χ0n) is 16.4. The highest BCUT2D eigenvalue weighted by Crippen LogP contribution is 2.23. The first-order valence-corrected chi connectivity index (χ1v) is 10.7. The molecule has 1 aromatic carbocycles. The number of aryl methyl sites for hydroxylation is 1. The smallest absolute Gasteiger partial charge is 0.321 e. The Morgan fingerprint density at radius 3 is 2.68 bits per heavy atom. The number of urea groups is 1. The van der Waals surface area contributed by atoms with Crippen LogP contribution in [-0.2, 0) is 11.3 Å². The van der Waals surface area contributed by atoms with Gasteiger partial charge in [-0.2, -0.15) is 0 Å². The molecule has 3 rings (SSSR count). The summed E-state index contributed by atoms with van der Waals surface area (Å²) in [5.41, 5.74) is 1.14. The van der Waals surface area contributed by atoms with Gasteiger partial charge in [-0.3, -0.25) is 10.1 Å². The number of aromatic nitrogens is 3. The Morgan fingerprint density at radius 1 is 1.18 bits per heavy atom. The summed E-state index contributed by atoms with van der Waals surface area (Å²) in [6.07, 6.45) is 4.42. The third-order valence-corrected chi connectivity index (χ3v) is 6.07. The number of hydrogen-bond acceptors (Lipinski definition) is 5. The van der Waals surface area contributed by atoms with E-state index in [4.69, 9.17) is 0 Å². The van der Waals surface area contributed by atoms with Gasteiger partial charge < -0.3 is 9.88 Å². The van der Waals surface area contributed by atoms with Crippen molar-refractivity contribution in [2.45, 2.75) is 57.3 Å². The fourth-order valence-corrected chi connectivity index (χ4v) is 4.23. The fraction of sp³-hybridized carbons (Fsp3) is 0.500. The number of hydrogen-bond donors (Lipinski definition) is 2. The third kappa shape index (κ3) is 5.58. The van der Waals surface area contributed by atoms with E-state index in [2.05, 4.69) is 27.8 Å². The van der Waals surface area contributed by atoms with Crippen LogP contribution in [0, 0.1) is 12.8 Å². The molecule has 7 nitrogen and oxygen atoms in total. The summed E-state index contributed by atoms with van der Waals surface area (Å²) in [5, 5.41) is 14.3. The zero-order valence-corrected chi connectivity index (χ0v) is 17.2. The Morgan fingerprint density at radius 2 is 1.93 bits per heavy atom. The van der Waals surface area contributed by atoms with Crippen LogP contribution in [0.15, 0.2) is 35.5 Å². The normalized spacial score (nSPS) is 19.2. The van der Waals surface area contributed by atoms with E-state index in [-0.39, 0.29) is 17.7 Å². The molecule has 3 amide bonds. The molecule has 150 valence electrons. The number of amides is 3. The van der Waals surface area contributed by atoms with Crippen molar-refractivity contribution in [1.82, 2.24) is 25.4 Å². The Kier molecular flexibility index (Phi) is 7.08. The lowest BCUT2D eigenvalue weighted by Gasteiger charge is -2.29. The molecule has 1 aliphatic carbocycles. The van der Waals surface area contributed by atoms with Gasteiger partial charge in [-0.15, -0.1) is 10.2 Å². The summed E-state index contributed by atoms with van der Waals surface area (Å²) >= 11 is 1.28. The summed E-state index contributed by atoms with van der Waals surface area (Å²) in [5.74, 6) is 1.01. The fourth-order valence-electron chi connectivity index (χ4n) is 3.44. The Bertz CT molecular complexity index is 808. The van der Waals surface area contributed by atoms with Crippen molar-refractivity contribution in [2.24, 2.45) is 5.92 Å². The first-order chi connectivity index (χ1) is 13.5. The Hall–Kier alpha value is -2.35. The van der Waals surface area contributed by atoms with Crippen LogP contribution in [0.5, 0.6) is 0 Å². The van der Waals surface area contributed by atoms with Crippen LogP contribution in [0.3, 0.4) is 0 Å². The molecule has 1 saturated carbocycles. The molecule has 0 bridgehead atoms. The summed E-state index contributed by atoms with van der Waals surface area (Å²) in [6, 6.07) is 9.76. The second-order valence-electron chi connectivity index (χ2n) is 7.28. The van der Waals surface area contributed by atoms with E-state index >= 15 is 0 Å². The van der Waals surface area contributed by atoms with Gasteiger partial charge >= 0.3 is 6.03 Å². The van der Waals surface area contributed by atoms with Crippen LogP contribution in [0.1, 0.15) is 44.0 Å². The molecular formula is C20H27N5O2S. The molecule has 1 heterocycles. The minimum Gasteiger partial charge on any atom is -0.335 e. The van der Waals surface area contributed by atoms with Crippen LogP contribution < -0.4 is 10.6 Å². The van der Waals surface area contributed by atoms with Gasteiger partial charge in [0.1, 0.15) is 5.82 Å². The molecular weight excluding hydrogens is 374 g/mol. The topological polar surface area (TPSA) is 88.9 Å². The van der Waals surface area contributed by atoms with E-state index < -0.39 is 6.03 Å². The SMILES string of the molecule is Cc1nnc(SCC(=O)NC(=O)NC2CCCCC2C)n1Cc1ccccc1. The maximum absolute atomic E-state index is 12.2. The first-order valence-electron chi connectivity index (χ1n) is 9.70. The lowest BCUT2D eigenvalue weighted by atomic mass is 9.86. The zero-order chi connectivity index (χ0) is 19.9. The van der Waals surface area contributed by atoms with Crippen molar-refractivity contribution in [2.75, 3.05) is 5.75 Å². The van der Waals surface area contributed by atoms with Crippen molar-refractivity contribution in [3.63, 3.8) is 0 Å². The highest BCUT2D eigenvalue weighted by Gasteiger charge is 2.23. The minimum absolute atomic E-state index is 0.112. The van der Waals surface area contributed by atoms with Gasteiger partial charge in [-0.25, -0.2) is 4.79 Å². The number of carbonyl (C=O) groups excluding carboxylic acids is 2. The number of imide groups is 1. The van der Waals surface area contributed by atoms with Gasteiger partial charge in [0.15, 0.2) is 5.16 Å². The second-order valence-corrected chi connectivity index (χ2v) is 8.22. The van der Waals surface area contributed by atoms with Gasteiger partial charge in [0.05, 0.1) is 12.3 Å². The monoisotopic (exact) mass is 401 g/mol. The minimum atomic E-state index is -0.411. The van der Waals surface area contributed by atoms with E-state index in [0.29, 0.717) is 17.6 Å². The number of nitrogens with zero attached hydrogens (tertiary/aromatic N) is 3. The first kappa shape index (κ1) is 20.4. The number of benzene rings is 1. The average Bonchev–Trinajstić information content (AvgIpc) is 3.02. The van der Waals surface area contributed by atoms with E-state index in [1.165, 1.54) is 18.2 Å². The molecule has 28 heavy (non-hydrogen) atoms. The predicted octanol–water partition coefficient (Wildman–Crippen LogP) is 3.13. The predicted molar refractivity (Wildman–Crippen MR) is 109 cm³/mol. The van der Waals surface area contributed by atoms with Gasteiger partial charge in [0, 0.05) is 6.04 Å². The van der Waals surface area contributed by atoms with E-state index in [1.807, 2.05) is 41.8 Å². The Labute approximate surface area is 169 Å². The molecule has 2 N–H and O–H groups in total. The van der Waals surface area contributed by atoms with Crippen molar-refractivity contribution in [3.8, 4) is 0 Å². The molecule has 1 aromatic heterocycles. The molecule has 0 saturated heterocycles. The molecule has 8 heteroatoms. The molecule has 1 fully saturated rings. The molecule has 2 unspecified atom stereocenters. The van der Waals surface area contributed by atoms with Crippen molar-refractivity contribution in [1.29, 1.82) is 0 Å². The third-order valence-electron chi connectivity index (χ3n) is 5.10. The number of rotatable bonds is 6. The van der Waals surface area contributed by atoms with E-state index in [0.717, 1.165) is 30.7 Å². The highest BCUT2D eigenvalue weighted by atomic mass is 32.2. The summed E-state index contributed by atoms with van der Waals surface area (Å²) in [7, 11) is 0. The van der Waals surface area contributed by atoms with Gasteiger partial charge in [0.2, 0.25) is 5.91 Å². The summed E-state index contributed by atoms with van der Waals surface area (Å²) in [6.45, 7) is 4.67. The van der Waals surface area contributed by atoms with Crippen molar-refractivity contribution >= 4 is 23.7 Å². The number of thioether (sulfide) groups is 1. The van der Waals surface area contributed by atoms with E-state index in [1.54, 1.807) is 0 Å². The molecule has 0 radical (unpaired) electrons. The molecule has 0 spiro atoms. The van der Waals surface area contributed by atoms with Gasteiger partial charge in [-0.1, -0.05) is 61.9 Å². The maximum Gasteiger partial charge on any atom is 0.321 e. The van der Waals surface area contributed by atoms with Crippen LogP contribution in [0.4, 0.5) is 4.79 Å². The van der Waals surface area contributed by atoms with Crippen LogP contribution in [-0.4, -0.2) is 38.5 Å². The van der Waals surface area contributed by atoms with Gasteiger partial charge in [0.25, 0.3) is 0 Å². The standard InChI is InChI=1S/C20H27N5O2S/c1-14-8-6-7-11-17(14)21-19(27)22-18(26)13-28-20-24-23-15(2)25(20)12-16-9-4-3-5-10-16/h3-5,9-10,14,17H,6-8,11-13H2,1-2H3,(H2,21,22,26,27). The number of carbonyl (C=O) groups is 2. The highest BCUT2D eigenvalue weighted by molar-refractivity contribution is 7.99. The quantitative estimate of drug-likeness (QED) is 0.726. The van der Waals surface area contributed by atoms with Crippen LogP contribution >= 0.6 is 11.8 Å². The largest absolute Gasteiger partial charge is 0.335 e. The molecule has 0 aliphatic heterocycles. The van der Waals surface area contributed by atoms with Crippen LogP contribution in [0.2, 0.25) is 0 Å². The molecule has 1 aliphatic rings. The lowest BCUT2D eigenvalue weighted by molar-refractivity contribution is -0.117. The Balaban J connectivity index is 1.50. The van der Waals surface area contributed by atoms with E-state index in [9.17, 15) is 9.59 Å². The lowest BCUT2D eigenvalue weighted by Crippen LogP contribution is -2.48. The summed E-state index contributed by atoms with van der Waals surface area (Å²) in [4.78, 5) is 24.3. The summed E-state index contributed by atoms with van der Waals surface area (Å²) < 4.78 is 1.97. The molecule has 2 aromatic rings. The van der Waals surface area contributed by atoms with Crippen molar-refractivity contribution in [3.05, 3.63) is 41.7 Å². The van der Waals surface area contributed by atoms with Crippen LogP contribution in [0.25, 0.3) is 0 Å². The average molecular weight is 402 g/mol.